The largest absolute Gasteiger partial charge is 0.462 e. The molecule has 30 heavy (non-hydrogen) atoms. The summed E-state index contributed by atoms with van der Waals surface area (Å²) in [6.07, 6.45) is 4.34. The SMILES string of the molecule is Nc1ccn([C@@H]2CS[C@H](COC(=O)CCCCCNCc3ccccc3)O2)c(=O)n1. The van der Waals surface area contributed by atoms with E-state index in [1.165, 1.54) is 21.9 Å². The van der Waals surface area contributed by atoms with Crippen molar-refractivity contribution in [3.05, 3.63) is 58.6 Å². The van der Waals surface area contributed by atoms with Gasteiger partial charge in [-0.3, -0.25) is 9.36 Å². The Bertz CT molecular complexity index is 862. The van der Waals surface area contributed by atoms with Gasteiger partial charge < -0.3 is 20.5 Å². The van der Waals surface area contributed by atoms with E-state index in [1.54, 1.807) is 12.3 Å². The number of hydrogen-bond acceptors (Lipinski definition) is 8. The maximum absolute atomic E-state index is 11.9. The molecule has 0 radical (unpaired) electrons. The van der Waals surface area contributed by atoms with Crippen LogP contribution in [0, 0.1) is 0 Å². The second-order valence-corrected chi connectivity index (χ2v) is 8.24. The minimum absolute atomic E-state index is 0.176. The molecule has 1 aromatic carbocycles. The van der Waals surface area contributed by atoms with E-state index in [4.69, 9.17) is 15.2 Å². The Morgan fingerprint density at radius 3 is 2.90 bits per heavy atom. The molecule has 0 unspecified atom stereocenters. The molecule has 1 saturated heterocycles. The number of nitrogens with one attached hydrogen (secondary N) is 1. The molecule has 1 aromatic heterocycles. The van der Waals surface area contributed by atoms with Crippen molar-refractivity contribution in [2.75, 3.05) is 24.6 Å². The Morgan fingerprint density at radius 1 is 1.27 bits per heavy atom. The summed E-state index contributed by atoms with van der Waals surface area (Å²) < 4.78 is 12.5. The zero-order valence-corrected chi connectivity index (χ0v) is 17.7. The van der Waals surface area contributed by atoms with Crippen molar-refractivity contribution >= 4 is 23.5 Å². The molecule has 1 fully saturated rings. The lowest BCUT2D eigenvalue weighted by atomic mass is 10.2. The van der Waals surface area contributed by atoms with Crippen LogP contribution < -0.4 is 16.7 Å². The van der Waals surface area contributed by atoms with E-state index in [1.807, 2.05) is 18.2 Å². The number of carbonyl (C=O) groups excluding carboxylic acids is 1. The third-order valence-electron chi connectivity index (χ3n) is 4.68. The lowest BCUT2D eigenvalue weighted by Crippen LogP contribution is -2.29. The van der Waals surface area contributed by atoms with Crippen LogP contribution in [-0.2, 0) is 20.8 Å². The highest BCUT2D eigenvalue weighted by Crippen LogP contribution is 2.31. The number of ether oxygens (including phenoxy) is 2. The molecular formula is C21H28N4O4S. The number of benzene rings is 1. The lowest BCUT2D eigenvalue weighted by molar-refractivity contribution is -0.147. The number of thioether (sulfide) groups is 1. The first-order valence-electron chi connectivity index (χ1n) is 10.1. The third-order valence-corrected chi connectivity index (χ3v) is 5.78. The van der Waals surface area contributed by atoms with Gasteiger partial charge in [0.1, 0.15) is 24.1 Å². The predicted octanol–water partition coefficient (Wildman–Crippen LogP) is 2.31. The van der Waals surface area contributed by atoms with Crippen molar-refractivity contribution in [2.24, 2.45) is 0 Å². The molecular weight excluding hydrogens is 404 g/mol. The molecule has 1 aliphatic rings. The molecule has 2 aromatic rings. The van der Waals surface area contributed by atoms with Crippen LogP contribution in [-0.4, -0.2) is 39.9 Å². The van der Waals surface area contributed by atoms with Crippen molar-refractivity contribution in [1.29, 1.82) is 0 Å². The number of anilines is 1. The Morgan fingerprint density at radius 2 is 2.10 bits per heavy atom. The van der Waals surface area contributed by atoms with E-state index in [0.717, 1.165) is 32.4 Å². The number of nitrogens with two attached hydrogens (primary N) is 1. The van der Waals surface area contributed by atoms with Gasteiger partial charge in [0, 0.05) is 24.9 Å². The Balaban J connectivity index is 1.23. The first-order valence-corrected chi connectivity index (χ1v) is 11.2. The number of nitrogen functional groups attached to an aromatic ring is 1. The molecule has 0 spiro atoms. The number of aromatic nitrogens is 2. The van der Waals surface area contributed by atoms with Gasteiger partial charge in [0.25, 0.3) is 0 Å². The Kier molecular flexibility index (Phi) is 8.73. The lowest BCUT2D eigenvalue weighted by Gasteiger charge is -2.14. The topological polar surface area (TPSA) is 108 Å². The van der Waals surface area contributed by atoms with Crippen LogP contribution in [0.3, 0.4) is 0 Å². The number of hydrogen-bond donors (Lipinski definition) is 2. The summed E-state index contributed by atoms with van der Waals surface area (Å²) in [5.74, 6) is 0.550. The molecule has 8 nitrogen and oxygen atoms in total. The van der Waals surface area contributed by atoms with Crippen LogP contribution in [0.5, 0.6) is 0 Å². The maximum atomic E-state index is 11.9. The fourth-order valence-corrected chi connectivity index (χ4v) is 4.07. The molecule has 0 aliphatic carbocycles. The minimum Gasteiger partial charge on any atom is -0.462 e. The summed E-state index contributed by atoms with van der Waals surface area (Å²) in [7, 11) is 0. The Labute approximate surface area is 180 Å². The molecule has 0 saturated carbocycles. The summed E-state index contributed by atoms with van der Waals surface area (Å²) >= 11 is 1.51. The summed E-state index contributed by atoms with van der Waals surface area (Å²) in [6.45, 7) is 1.97. The number of nitrogens with zero attached hydrogens (tertiary/aromatic N) is 2. The molecule has 2 atom stereocenters. The number of carbonyl (C=O) groups is 1. The highest BCUT2D eigenvalue weighted by Gasteiger charge is 2.29. The number of rotatable bonds is 11. The van der Waals surface area contributed by atoms with E-state index in [-0.39, 0.29) is 23.8 Å². The van der Waals surface area contributed by atoms with Crippen LogP contribution >= 0.6 is 11.8 Å². The number of esters is 1. The van der Waals surface area contributed by atoms with Gasteiger partial charge >= 0.3 is 11.7 Å². The van der Waals surface area contributed by atoms with Crippen LogP contribution in [0.1, 0.15) is 37.5 Å². The van der Waals surface area contributed by atoms with E-state index < -0.39 is 11.9 Å². The van der Waals surface area contributed by atoms with Gasteiger partial charge in [-0.05, 0) is 31.0 Å². The van der Waals surface area contributed by atoms with Gasteiger partial charge in [-0.1, -0.05) is 36.8 Å². The van der Waals surface area contributed by atoms with Gasteiger partial charge in [0.15, 0.2) is 0 Å². The first-order chi connectivity index (χ1) is 14.6. The molecule has 162 valence electrons. The molecule has 3 rings (SSSR count). The smallest absolute Gasteiger partial charge is 0.351 e. The predicted molar refractivity (Wildman–Crippen MR) is 117 cm³/mol. The summed E-state index contributed by atoms with van der Waals surface area (Å²) in [4.78, 5) is 27.5. The van der Waals surface area contributed by atoms with E-state index in [0.29, 0.717) is 12.2 Å². The van der Waals surface area contributed by atoms with Crippen molar-refractivity contribution in [3.8, 4) is 0 Å². The van der Waals surface area contributed by atoms with E-state index >= 15 is 0 Å². The molecule has 9 heteroatoms. The van der Waals surface area contributed by atoms with Crippen LogP contribution in [0.2, 0.25) is 0 Å². The average Bonchev–Trinajstić information content (AvgIpc) is 3.21. The van der Waals surface area contributed by atoms with Gasteiger partial charge in [0.05, 0.1) is 0 Å². The molecule has 0 amide bonds. The first kappa shape index (κ1) is 22.3. The van der Waals surface area contributed by atoms with E-state index in [9.17, 15) is 9.59 Å². The monoisotopic (exact) mass is 432 g/mol. The maximum Gasteiger partial charge on any atom is 0.351 e. The molecule has 0 bridgehead atoms. The van der Waals surface area contributed by atoms with E-state index in [2.05, 4.69) is 22.4 Å². The summed E-state index contributed by atoms with van der Waals surface area (Å²) in [5, 5.41) is 3.41. The van der Waals surface area contributed by atoms with Gasteiger partial charge in [0.2, 0.25) is 0 Å². The zero-order chi connectivity index (χ0) is 21.2. The molecule has 2 heterocycles. The quantitative estimate of drug-likeness (QED) is 0.411. The Hall–Kier alpha value is -2.36. The number of unbranched alkanes of at least 4 members (excludes halogenated alkanes) is 2. The van der Waals surface area contributed by atoms with Gasteiger partial charge in [-0.15, -0.1) is 11.8 Å². The summed E-state index contributed by atoms with van der Waals surface area (Å²) in [5.41, 5.74) is 6.04. The average molecular weight is 433 g/mol. The van der Waals surface area contributed by atoms with Crippen LogP contribution in [0.15, 0.2) is 47.4 Å². The zero-order valence-electron chi connectivity index (χ0n) is 16.9. The van der Waals surface area contributed by atoms with Crippen molar-refractivity contribution in [1.82, 2.24) is 14.9 Å². The molecule has 3 N–H and O–H groups in total. The standard InChI is InChI=1S/C21H28N4O4S/c22-17-10-12-25(21(27)24-17)18-15-30-20(29-18)14-28-19(26)9-5-2-6-11-23-13-16-7-3-1-4-8-16/h1,3-4,7-8,10,12,18,20,23H,2,5-6,9,11,13-15H2,(H2,22,24,27)/t18-,20+/m0/s1. The second kappa shape index (κ2) is 11.7. The van der Waals surface area contributed by atoms with Crippen LogP contribution in [0.4, 0.5) is 5.82 Å². The van der Waals surface area contributed by atoms with Crippen molar-refractivity contribution in [3.63, 3.8) is 0 Å². The highest BCUT2D eigenvalue weighted by molar-refractivity contribution is 8.00. The van der Waals surface area contributed by atoms with Gasteiger partial charge in [-0.2, -0.15) is 4.98 Å². The fraction of sp³-hybridized carbons (Fsp3) is 0.476. The second-order valence-electron chi connectivity index (χ2n) is 7.05. The van der Waals surface area contributed by atoms with Gasteiger partial charge in [-0.25, -0.2) is 4.79 Å². The van der Waals surface area contributed by atoms with Crippen molar-refractivity contribution < 1.29 is 14.3 Å². The normalized spacial score (nSPS) is 18.4. The van der Waals surface area contributed by atoms with Crippen LogP contribution in [0.25, 0.3) is 0 Å². The highest BCUT2D eigenvalue weighted by atomic mass is 32.2. The fourth-order valence-electron chi connectivity index (χ4n) is 3.08. The molecule has 1 aliphatic heterocycles. The third kappa shape index (κ3) is 7.16. The van der Waals surface area contributed by atoms with Crippen molar-refractivity contribution in [2.45, 2.75) is 43.9 Å². The minimum atomic E-state index is -0.448. The summed E-state index contributed by atoms with van der Waals surface area (Å²) in [6, 6.07) is 11.8.